The summed E-state index contributed by atoms with van der Waals surface area (Å²) in [4.78, 5) is 38.4. The van der Waals surface area contributed by atoms with E-state index < -0.39 is 34.2 Å². The highest BCUT2D eigenvalue weighted by Crippen LogP contribution is 2.27. The molecule has 1 atom stereocenters. The highest BCUT2D eigenvalue weighted by atomic mass is 16.6. The Morgan fingerprint density at radius 2 is 1.81 bits per heavy atom. The molecule has 0 spiro atoms. The zero-order valence-corrected chi connectivity index (χ0v) is 17.2. The number of rotatable bonds is 11. The van der Waals surface area contributed by atoms with Crippen molar-refractivity contribution in [2.45, 2.75) is 25.3 Å². The van der Waals surface area contributed by atoms with E-state index in [1.165, 1.54) is 6.07 Å². The molecule has 2 aromatic rings. The highest BCUT2D eigenvalue weighted by molar-refractivity contribution is 5.96. The van der Waals surface area contributed by atoms with Crippen LogP contribution in [-0.2, 0) is 16.0 Å². The van der Waals surface area contributed by atoms with Crippen LogP contribution < -0.4 is 27.8 Å². The number of hydrogen-bond donors (Lipinski definition) is 6. The molecule has 0 saturated heterocycles. The first kappa shape index (κ1) is 23.9. The number of amides is 2. The monoisotopic (exact) mass is 443 g/mol. The Labute approximate surface area is 183 Å². The van der Waals surface area contributed by atoms with Crippen LogP contribution in [0.3, 0.4) is 0 Å². The molecule has 32 heavy (non-hydrogen) atoms. The number of aliphatic imine (C=N–C) groups is 1. The number of carbonyl (C=O) groups excluding carboxylic acids is 2. The third-order valence-corrected chi connectivity index (χ3v) is 4.42. The first-order valence-electron chi connectivity index (χ1n) is 9.63. The topological polar surface area (TPSA) is 212 Å². The standard InChI is InChI=1S/C20H25N7O5/c21-19(30)15(6-3-9-24-20(22)23)25-13-4-1-2-5-14(13)26-18(29)11-12-7-8-17(28)16(10-12)27(31)32/h1-2,4-5,7-8,10,15,25,28H,3,6,9,11H2,(H2,21,30)(H,26,29)(H4,22,23,24)/t15-/m0/s1. The maximum atomic E-state index is 12.5. The number of phenolic OH excluding ortho intramolecular Hbond substituents is 1. The Morgan fingerprint density at radius 1 is 1.12 bits per heavy atom. The molecule has 2 amide bonds. The predicted octanol–water partition coefficient (Wildman–Crippen LogP) is 0.801. The van der Waals surface area contributed by atoms with Gasteiger partial charge in [-0.05, 0) is 36.6 Å². The third-order valence-electron chi connectivity index (χ3n) is 4.42. The van der Waals surface area contributed by atoms with Crippen LogP contribution in [0, 0.1) is 10.1 Å². The molecule has 0 aromatic heterocycles. The van der Waals surface area contributed by atoms with Crippen molar-refractivity contribution in [1.29, 1.82) is 0 Å². The Hall–Kier alpha value is -4.35. The summed E-state index contributed by atoms with van der Waals surface area (Å²) in [5.74, 6) is -1.54. The molecule has 170 valence electrons. The average molecular weight is 443 g/mol. The van der Waals surface area contributed by atoms with Crippen LogP contribution in [0.15, 0.2) is 47.5 Å². The molecule has 9 N–H and O–H groups in total. The van der Waals surface area contributed by atoms with E-state index in [9.17, 15) is 24.8 Å². The van der Waals surface area contributed by atoms with E-state index in [0.717, 1.165) is 12.1 Å². The SMILES string of the molecule is NC(=O)[C@H](CCCN=C(N)N)Nc1ccccc1NC(=O)Cc1ccc(O)c([N+](=O)[O-])c1. The molecule has 0 unspecified atom stereocenters. The van der Waals surface area contributed by atoms with Gasteiger partial charge in [-0.15, -0.1) is 0 Å². The number of guanidine groups is 1. The summed E-state index contributed by atoms with van der Waals surface area (Å²) in [7, 11) is 0. The van der Waals surface area contributed by atoms with Crippen LogP contribution in [-0.4, -0.2) is 40.4 Å². The molecule has 2 rings (SSSR count). The molecule has 0 aliphatic rings. The Bertz CT molecular complexity index is 1020. The van der Waals surface area contributed by atoms with Gasteiger partial charge in [0.15, 0.2) is 11.7 Å². The molecule has 0 bridgehead atoms. The van der Waals surface area contributed by atoms with Crippen LogP contribution >= 0.6 is 0 Å². The summed E-state index contributed by atoms with van der Waals surface area (Å²) in [6, 6.07) is 9.73. The van der Waals surface area contributed by atoms with Gasteiger partial charge in [0.05, 0.1) is 22.7 Å². The van der Waals surface area contributed by atoms with Crippen molar-refractivity contribution in [1.82, 2.24) is 0 Å². The highest BCUT2D eigenvalue weighted by Gasteiger charge is 2.18. The number of nitro groups is 1. The normalized spacial score (nSPS) is 11.2. The smallest absolute Gasteiger partial charge is 0.310 e. The first-order chi connectivity index (χ1) is 15.2. The predicted molar refractivity (Wildman–Crippen MR) is 120 cm³/mol. The summed E-state index contributed by atoms with van der Waals surface area (Å²) in [5.41, 5.74) is 16.8. The number of nitrogens with one attached hydrogen (secondary N) is 2. The van der Waals surface area contributed by atoms with Gasteiger partial charge in [0.25, 0.3) is 0 Å². The molecule has 0 aliphatic carbocycles. The number of nitro benzene ring substituents is 1. The second kappa shape index (κ2) is 11.2. The summed E-state index contributed by atoms with van der Waals surface area (Å²) in [6.45, 7) is 0.338. The van der Waals surface area contributed by atoms with Gasteiger partial charge in [0.1, 0.15) is 6.04 Å². The number of benzene rings is 2. The van der Waals surface area contributed by atoms with E-state index in [2.05, 4.69) is 15.6 Å². The largest absolute Gasteiger partial charge is 0.502 e. The summed E-state index contributed by atoms with van der Waals surface area (Å²) >= 11 is 0. The van der Waals surface area contributed by atoms with Crippen molar-refractivity contribution in [3.63, 3.8) is 0 Å². The van der Waals surface area contributed by atoms with Crippen LogP contribution in [0.2, 0.25) is 0 Å². The molecule has 12 heteroatoms. The molecule has 0 heterocycles. The molecule has 0 radical (unpaired) electrons. The lowest BCUT2D eigenvalue weighted by atomic mass is 10.1. The molecular weight excluding hydrogens is 418 g/mol. The van der Waals surface area contributed by atoms with Crippen LogP contribution in [0.4, 0.5) is 17.1 Å². The van der Waals surface area contributed by atoms with E-state index in [-0.39, 0.29) is 12.4 Å². The minimum Gasteiger partial charge on any atom is -0.502 e. The number of hydrogen-bond acceptors (Lipinski definition) is 7. The Morgan fingerprint density at radius 3 is 2.44 bits per heavy atom. The van der Waals surface area contributed by atoms with Crippen molar-refractivity contribution < 1.29 is 19.6 Å². The van der Waals surface area contributed by atoms with E-state index in [4.69, 9.17) is 17.2 Å². The fourth-order valence-electron chi connectivity index (χ4n) is 2.90. The fourth-order valence-corrected chi connectivity index (χ4v) is 2.90. The van der Waals surface area contributed by atoms with Crippen LogP contribution in [0.1, 0.15) is 18.4 Å². The number of anilines is 2. The van der Waals surface area contributed by atoms with Crippen LogP contribution in [0.5, 0.6) is 5.75 Å². The van der Waals surface area contributed by atoms with E-state index >= 15 is 0 Å². The van der Waals surface area contributed by atoms with Gasteiger partial charge in [-0.1, -0.05) is 18.2 Å². The lowest BCUT2D eigenvalue weighted by Crippen LogP contribution is -2.36. The summed E-state index contributed by atoms with van der Waals surface area (Å²) < 4.78 is 0. The van der Waals surface area contributed by atoms with Crippen LogP contribution in [0.25, 0.3) is 0 Å². The van der Waals surface area contributed by atoms with Gasteiger partial charge in [-0.2, -0.15) is 0 Å². The maximum absolute atomic E-state index is 12.5. The van der Waals surface area contributed by atoms with Gasteiger partial charge >= 0.3 is 5.69 Å². The minimum absolute atomic E-state index is 0.0411. The lowest BCUT2D eigenvalue weighted by molar-refractivity contribution is -0.385. The van der Waals surface area contributed by atoms with Crippen molar-refractivity contribution in [2.75, 3.05) is 17.2 Å². The number of primary amides is 1. The molecule has 0 saturated carbocycles. The van der Waals surface area contributed by atoms with Gasteiger partial charge in [0.2, 0.25) is 11.8 Å². The van der Waals surface area contributed by atoms with E-state index in [0.29, 0.717) is 36.3 Å². The zero-order valence-electron chi connectivity index (χ0n) is 17.2. The number of nitrogens with two attached hydrogens (primary N) is 3. The number of carbonyl (C=O) groups is 2. The van der Waals surface area contributed by atoms with Gasteiger partial charge in [-0.25, -0.2) is 0 Å². The molecular formula is C20H25N7O5. The number of aromatic hydroxyl groups is 1. The second-order valence-corrected chi connectivity index (χ2v) is 6.90. The number of nitrogens with zero attached hydrogens (tertiary/aromatic N) is 2. The molecule has 0 aliphatic heterocycles. The summed E-state index contributed by atoms with van der Waals surface area (Å²) in [6.07, 6.45) is 0.714. The Kier molecular flexibility index (Phi) is 8.34. The zero-order chi connectivity index (χ0) is 23.7. The lowest BCUT2D eigenvalue weighted by Gasteiger charge is -2.19. The van der Waals surface area contributed by atoms with Crippen molar-refractivity contribution in [3.05, 3.63) is 58.1 Å². The third kappa shape index (κ3) is 7.16. The number of phenols is 1. The van der Waals surface area contributed by atoms with Gasteiger partial charge < -0.3 is 32.9 Å². The van der Waals surface area contributed by atoms with Crippen molar-refractivity contribution in [2.24, 2.45) is 22.2 Å². The molecule has 12 nitrogen and oxygen atoms in total. The minimum atomic E-state index is -0.729. The molecule has 0 fully saturated rings. The number of para-hydroxylation sites is 2. The van der Waals surface area contributed by atoms with E-state index in [1.54, 1.807) is 24.3 Å². The van der Waals surface area contributed by atoms with E-state index in [1.807, 2.05) is 0 Å². The van der Waals surface area contributed by atoms with Crippen molar-refractivity contribution >= 4 is 34.8 Å². The first-order valence-corrected chi connectivity index (χ1v) is 9.63. The van der Waals surface area contributed by atoms with Gasteiger partial charge in [-0.3, -0.25) is 24.7 Å². The van der Waals surface area contributed by atoms with Crippen molar-refractivity contribution in [3.8, 4) is 5.75 Å². The average Bonchev–Trinajstić information content (AvgIpc) is 2.72. The quantitative estimate of drug-likeness (QED) is 0.0958. The van der Waals surface area contributed by atoms with Gasteiger partial charge in [0, 0.05) is 12.6 Å². The molecule has 2 aromatic carbocycles. The Balaban J connectivity index is 2.08. The maximum Gasteiger partial charge on any atom is 0.310 e. The second-order valence-electron chi connectivity index (χ2n) is 6.90. The fraction of sp³-hybridized carbons (Fsp3) is 0.250. The summed E-state index contributed by atoms with van der Waals surface area (Å²) in [5, 5.41) is 26.2.